The Hall–Kier alpha value is -1.20. The van der Waals surface area contributed by atoms with Gasteiger partial charge < -0.3 is 5.84 Å². The number of rotatable bonds is 3. The summed E-state index contributed by atoms with van der Waals surface area (Å²) in [6, 6.07) is 7.72. The number of nitrogen functional groups attached to an aromatic ring is 1. The van der Waals surface area contributed by atoms with Gasteiger partial charge in [-0.2, -0.15) is 4.79 Å². The van der Waals surface area contributed by atoms with Crippen molar-refractivity contribution >= 4 is 23.4 Å². The third kappa shape index (κ3) is 2.87. The number of aromatic nitrogens is 3. The first kappa shape index (κ1) is 10.3. The molecule has 1 aromatic heterocycles. The van der Waals surface area contributed by atoms with E-state index in [4.69, 9.17) is 17.4 Å². The maximum absolute atomic E-state index is 5.78. The van der Waals surface area contributed by atoms with E-state index in [1.165, 1.54) is 10.4 Å². The van der Waals surface area contributed by atoms with Crippen LogP contribution in [0.4, 0.5) is 0 Å². The molecular formula is C9H9ClN4S. The first-order valence-electron chi connectivity index (χ1n) is 4.29. The largest absolute Gasteiger partial charge is 0.322 e. The van der Waals surface area contributed by atoms with Crippen LogP contribution < -0.4 is 5.84 Å². The molecule has 0 saturated heterocycles. The summed E-state index contributed by atoms with van der Waals surface area (Å²) in [5, 5.41) is 9.08. The average Bonchev–Trinajstić information content (AvgIpc) is 2.64. The van der Waals surface area contributed by atoms with Gasteiger partial charge in [0, 0.05) is 10.8 Å². The molecule has 0 bridgehead atoms. The molecule has 0 saturated carbocycles. The second-order valence-corrected chi connectivity index (χ2v) is 4.38. The van der Waals surface area contributed by atoms with E-state index in [1.807, 2.05) is 24.3 Å². The smallest absolute Gasteiger partial charge is 0.141 e. The Morgan fingerprint density at radius 3 is 2.67 bits per heavy atom. The summed E-state index contributed by atoms with van der Waals surface area (Å²) in [5.74, 6) is 6.21. The van der Waals surface area contributed by atoms with Gasteiger partial charge in [-0.05, 0) is 22.9 Å². The fraction of sp³-hybridized carbons (Fsp3) is 0.111. The zero-order valence-electron chi connectivity index (χ0n) is 7.80. The molecule has 0 radical (unpaired) electrons. The van der Waals surface area contributed by atoms with Crippen LogP contribution in [0.1, 0.15) is 5.56 Å². The number of hydrogen-bond acceptors (Lipinski definition) is 4. The quantitative estimate of drug-likeness (QED) is 0.658. The summed E-state index contributed by atoms with van der Waals surface area (Å²) in [6.07, 6.45) is 1.68. The van der Waals surface area contributed by atoms with Crippen LogP contribution in [0.5, 0.6) is 0 Å². The molecule has 4 nitrogen and oxygen atoms in total. The van der Waals surface area contributed by atoms with Crippen LogP contribution in [-0.2, 0) is 5.75 Å². The van der Waals surface area contributed by atoms with E-state index in [9.17, 15) is 0 Å². The standard InChI is InChI=1S/C9H9ClN4S/c10-8-3-1-7(2-4-8)6-15-9-5-14(11)13-12-9/h1-5H,6,11H2. The lowest BCUT2D eigenvalue weighted by Gasteiger charge is -1.98. The predicted molar refractivity (Wildman–Crippen MR) is 61.2 cm³/mol. The van der Waals surface area contributed by atoms with Gasteiger partial charge in [0.1, 0.15) is 5.03 Å². The van der Waals surface area contributed by atoms with Crippen LogP contribution in [0.15, 0.2) is 35.5 Å². The van der Waals surface area contributed by atoms with Gasteiger partial charge in [-0.1, -0.05) is 35.5 Å². The van der Waals surface area contributed by atoms with Crippen molar-refractivity contribution in [2.45, 2.75) is 10.8 Å². The van der Waals surface area contributed by atoms with Gasteiger partial charge in [-0.25, -0.2) is 0 Å². The lowest BCUT2D eigenvalue weighted by molar-refractivity contribution is 0.761. The lowest BCUT2D eigenvalue weighted by atomic mass is 10.2. The van der Waals surface area contributed by atoms with Crippen LogP contribution in [0.2, 0.25) is 5.02 Å². The molecule has 0 fully saturated rings. The molecule has 2 rings (SSSR count). The molecule has 1 aromatic carbocycles. The Bertz CT molecular complexity index is 440. The molecule has 1 heterocycles. The first-order chi connectivity index (χ1) is 7.24. The number of nitrogens with zero attached hydrogens (tertiary/aromatic N) is 3. The fourth-order valence-corrected chi connectivity index (χ4v) is 1.97. The van der Waals surface area contributed by atoms with E-state index in [2.05, 4.69) is 10.3 Å². The summed E-state index contributed by atoms with van der Waals surface area (Å²) >= 11 is 7.37. The van der Waals surface area contributed by atoms with Crippen LogP contribution in [0, 0.1) is 0 Å². The van der Waals surface area contributed by atoms with Crippen molar-refractivity contribution < 1.29 is 0 Å². The number of nitrogens with two attached hydrogens (primary N) is 1. The molecule has 0 aliphatic heterocycles. The Morgan fingerprint density at radius 1 is 1.33 bits per heavy atom. The number of hydrogen-bond donors (Lipinski definition) is 1. The van der Waals surface area contributed by atoms with Gasteiger partial charge in [0.25, 0.3) is 0 Å². The Balaban J connectivity index is 1.96. The molecule has 0 spiro atoms. The normalized spacial score (nSPS) is 10.5. The molecule has 0 amide bonds. The summed E-state index contributed by atoms with van der Waals surface area (Å²) in [4.78, 5) is 1.20. The second-order valence-electron chi connectivity index (χ2n) is 2.95. The maximum atomic E-state index is 5.78. The fourth-order valence-electron chi connectivity index (χ4n) is 1.06. The molecule has 6 heteroatoms. The van der Waals surface area contributed by atoms with Crippen molar-refractivity contribution in [1.82, 2.24) is 15.1 Å². The Morgan fingerprint density at radius 2 is 2.07 bits per heavy atom. The van der Waals surface area contributed by atoms with Crippen molar-refractivity contribution in [1.29, 1.82) is 0 Å². The minimum absolute atomic E-state index is 0.747. The number of thioether (sulfide) groups is 1. The lowest BCUT2D eigenvalue weighted by Crippen LogP contribution is -2.07. The highest BCUT2D eigenvalue weighted by atomic mass is 35.5. The molecule has 2 aromatic rings. The molecular weight excluding hydrogens is 232 g/mol. The van der Waals surface area contributed by atoms with Gasteiger partial charge in [0.15, 0.2) is 0 Å². The van der Waals surface area contributed by atoms with E-state index in [0.717, 1.165) is 15.8 Å². The van der Waals surface area contributed by atoms with Crippen LogP contribution in [0.25, 0.3) is 0 Å². The maximum Gasteiger partial charge on any atom is 0.141 e. The third-order valence-electron chi connectivity index (χ3n) is 1.79. The topological polar surface area (TPSA) is 56.7 Å². The van der Waals surface area contributed by atoms with E-state index in [-0.39, 0.29) is 0 Å². The molecule has 0 atom stereocenters. The van der Waals surface area contributed by atoms with Crippen molar-refractivity contribution in [2.75, 3.05) is 5.84 Å². The zero-order valence-corrected chi connectivity index (χ0v) is 9.37. The van der Waals surface area contributed by atoms with Crippen molar-refractivity contribution in [2.24, 2.45) is 0 Å². The summed E-state index contributed by atoms with van der Waals surface area (Å²) in [6.45, 7) is 0. The van der Waals surface area contributed by atoms with Gasteiger partial charge >= 0.3 is 0 Å². The van der Waals surface area contributed by atoms with Crippen molar-refractivity contribution in [3.8, 4) is 0 Å². The summed E-state index contributed by atoms with van der Waals surface area (Å²) < 4.78 is 0. The monoisotopic (exact) mass is 240 g/mol. The Labute approximate surface area is 96.4 Å². The summed E-state index contributed by atoms with van der Waals surface area (Å²) in [5.41, 5.74) is 1.19. The minimum Gasteiger partial charge on any atom is -0.322 e. The highest BCUT2D eigenvalue weighted by Crippen LogP contribution is 2.20. The van der Waals surface area contributed by atoms with E-state index >= 15 is 0 Å². The predicted octanol–water partition coefficient (Wildman–Crippen LogP) is 1.94. The molecule has 2 N–H and O–H groups in total. The molecule has 78 valence electrons. The van der Waals surface area contributed by atoms with Gasteiger partial charge in [0.05, 0.1) is 6.20 Å². The first-order valence-corrected chi connectivity index (χ1v) is 5.65. The number of benzene rings is 1. The van der Waals surface area contributed by atoms with Crippen LogP contribution in [-0.4, -0.2) is 15.1 Å². The number of halogens is 1. The average molecular weight is 241 g/mol. The van der Waals surface area contributed by atoms with Crippen LogP contribution >= 0.6 is 23.4 Å². The third-order valence-corrected chi connectivity index (χ3v) is 3.00. The zero-order chi connectivity index (χ0) is 10.7. The van der Waals surface area contributed by atoms with E-state index in [1.54, 1.807) is 18.0 Å². The molecule has 0 unspecified atom stereocenters. The van der Waals surface area contributed by atoms with Crippen molar-refractivity contribution in [3.05, 3.63) is 41.0 Å². The molecule has 0 aliphatic carbocycles. The SMILES string of the molecule is Nn1cc(SCc2ccc(Cl)cc2)nn1. The van der Waals surface area contributed by atoms with E-state index in [0.29, 0.717) is 0 Å². The molecule has 0 aliphatic rings. The van der Waals surface area contributed by atoms with Gasteiger partial charge in [0.2, 0.25) is 0 Å². The second kappa shape index (κ2) is 4.55. The molecule has 15 heavy (non-hydrogen) atoms. The Kier molecular flexibility index (Phi) is 3.13. The van der Waals surface area contributed by atoms with Crippen LogP contribution in [0.3, 0.4) is 0 Å². The van der Waals surface area contributed by atoms with E-state index < -0.39 is 0 Å². The van der Waals surface area contributed by atoms with Crippen molar-refractivity contribution in [3.63, 3.8) is 0 Å². The summed E-state index contributed by atoms with van der Waals surface area (Å²) in [7, 11) is 0. The minimum atomic E-state index is 0.747. The highest BCUT2D eigenvalue weighted by Gasteiger charge is 2.00. The van der Waals surface area contributed by atoms with Gasteiger partial charge in [-0.15, -0.1) is 5.10 Å². The van der Waals surface area contributed by atoms with Gasteiger partial charge in [-0.3, -0.25) is 0 Å². The highest BCUT2D eigenvalue weighted by molar-refractivity contribution is 7.98.